The number of guanidine groups is 1. The van der Waals surface area contributed by atoms with Crippen LogP contribution in [0.2, 0.25) is 0 Å². The molecule has 0 aromatic heterocycles. The van der Waals surface area contributed by atoms with Gasteiger partial charge in [-0.2, -0.15) is 0 Å². The zero-order valence-electron chi connectivity index (χ0n) is 16.0. The Bertz CT molecular complexity index is 489. The molecule has 148 valence electrons. The van der Waals surface area contributed by atoms with Gasteiger partial charge in [0.2, 0.25) is 5.91 Å². The van der Waals surface area contributed by atoms with Crippen LogP contribution in [0.4, 0.5) is 0 Å². The first kappa shape index (κ1) is 20.5. The van der Waals surface area contributed by atoms with Gasteiger partial charge in [0.25, 0.3) is 0 Å². The van der Waals surface area contributed by atoms with E-state index >= 15 is 0 Å². The predicted octanol–water partition coefficient (Wildman–Crippen LogP) is 1.81. The van der Waals surface area contributed by atoms with E-state index in [1.165, 1.54) is 12.8 Å². The average Bonchev–Trinajstić information content (AvgIpc) is 3.10. The van der Waals surface area contributed by atoms with Crippen LogP contribution in [0.15, 0.2) is 4.99 Å². The molecule has 1 aliphatic carbocycles. The van der Waals surface area contributed by atoms with Crippen LogP contribution in [0.1, 0.15) is 64.7 Å². The van der Waals surface area contributed by atoms with Gasteiger partial charge in [0.15, 0.2) is 5.96 Å². The molecule has 1 saturated heterocycles. The van der Waals surface area contributed by atoms with Gasteiger partial charge in [-0.15, -0.1) is 0 Å². The van der Waals surface area contributed by atoms with E-state index in [1.54, 1.807) is 0 Å². The molecule has 3 N–H and O–H groups in total. The van der Waals surface area contributed by atoms with E-state index in [0.717, 1.165) is 51.3 Å². The van der Waals surface area contributed by atoms with Gasteiger partial charge in [0.1, 0.15) is 6.10 Å². The maximum absolute atomic E-state index is 11.9. The minimum Gasteiger partial charge on any atom is -0.462 e. The fourth-order valence-electron chi connectivity index (χ4n) is 3.79. The Kier molecular flexibility index (Phi) is 8.71. The van der Waals surface area contributed by atoms with Gasteiger partial charge in [-0.1, -0.05) is 0 Å². The number of piperidine rings is 1. The lowest BCUT2D eigenvalue weighted by Gasteiger charge is -2.34. The first-order valence-electron chi connectivity index (χ1n) is 10.1. The molecule has 1 atom stereocenters. The van der Waals surface area contributed by atoms with Crippen molar-refractivity contribution in [3.63, 3.8) is 0 Å². The molecule has 2 aliphatic rings. The highest BCUT2D eigenvalue weighted by Gasteiger charge is 2.23. The number of amides is 1. The summed E-state index contributed by atoms with van der Waals surface area (Å²) in [5.41, 5.74) is 5.34. The van der Waals surface area contributed by atoms with Crippen molar-refractivity contribution < 1.29 is 14.3 Å². The van der Waals surface area contributed by atoms with Crippen molar-refractivity contribution in [3.05, 3.63) is 0 Å². The minimum absolute atomic E-state index is 0.100. The van der Waals surface area contributed by atoms with Crippen LogP contribution in [0.3, 0.4) is 0 Å². The fraction of sp³-hybridized carbons (Fsp3) is 0.842. The van der Waals surface area contributed by atoms with E-state index in [4.69, 9.17) is 10.5 Å². The van der Waals surface area contributed by atoms with E-state index in [0.29, 0.717) is 31.7 Å². The molecule has 0 aromatic carbocycles. The van der Waals surface area contributed by atoms with Crippen LogP contribution in [0, 0.1) is 5.92 Å². The van der Waals surface area contributed by atoms with E-state index in [2.05, 4.69) is 15.2 Å². The van der Waals surface area contributed by atoms with E-state index in [1.807, 2.05) is 6.92 Å². The number of esters is 1. The standard InChI is InChI=1S/C19H34N4O3/c1-2-21-19(23-12-6-7-15(14-23)13-17(20)24)22-11-5-10-18(25)26-16-8-3-4-9-16/h15-16H,2-14H2,1H3,(H2,20,24)(H,21,22). The third-order valence-electron chi connectivity index (χ3n) is 5.04. The highest BCUT2D eigenvalue weighted by atomic mass is 16.5. The highest BCUT2D eigenvalue weighted by molar-refractivity contribution is 5.80. The summed E-state index contributed by atoms with van der Waals surface area (Å²) in [7, 11) is 0. The molecule has 1 saturated carbocycles. The number of aliphatic imine (C=N–C) groups is 1. The normalized spacial score (nSPS) is 21.7. The van der Waals surface area contributed by atoms with Gasteiger partial charge in [-0.25, -0.2) is 0 Å². The lowest BCUT2D eigenvalue weighted by molar-refractivity contribution is -0.148. The van der Waals surface area contributed by atoms with Crippen LogP contribution in [-0.2, 0) is 14.3 Å². The monoisotopic (exact) mass is 366 g/mol. The molecule has 1 heterocycles. The quantitative estimate of drug-likeness (QED) is 0.295. The van der Waals surface area contributed by atoms with Crippen LogP contribution in [-0.4, -0.2) is 55.0 Å². The van der Waals surface area contributed by atoms with Gasteiger partial charge in [-0.3, -0.25) is 14.6 Å². The number of nitrogens with one attached hydrogen (secondary N) is 1. The van der Waals surface area contributed by atoms with E-state index in [-0.39, 0.29) is 18.0 Å². The number of likely N-dealkylation sites (tertiary alicyclic amines) is 1. The third-order valence-corrected chi connectivity index (χ3v) is 5.04. The van der Waals surface area contributed by atoms with Crippen molar-refractivity contribution in [3.8, 4) is 0 Å². The summed E-state index contributed by atoms with van der Waals surface area (Å²) >= 11 is 0. The molecular weight excluding hydrogens is 332 g/mol. The topological polar surface area (TPSA) is 97.0 Å². The molecule has 2 fully saturated rings. The number of hydrogen-bond acceptors (Lipinski definition) is 4. The molecule has 1 unspecified atom stereocenters. The second kappa shape index (κ2) is 11.0. The Labute approximate surface area is 156 Å². The second-order valence-corrected chi connectivity index (χ2v) is 7.36. The maximum Gasteiger partial charge on any atom is 0.306 e. The minimum atomic E-state index is -0.237. The largest absolute Gasteiger partial charge is 0.462 e. The Balaban J connectivity index is 1.76. The Hall–Kier alpha value is -1.79. The van der Waals surface area contributed by atoms with E-state index in [9.17, 15) is 9.59 Å². The van der Waals surface area contributed by atoms with Crippen molar-refractivity contribution in [1.82, 2.24) is 10.2 Å². The third kappa shape index (κ3) is 7.22. The molecule has 1 amide bonds. The van der Waals surface area contributed by atoms with Crippen molar-refractivity contribution >= 4 is 17.8 Å². The number of carbonyl (C=O) groups excluding carboxylic acids is 2. The summed E-state index contributed by atoms with van der Waals surface area (Å²) in [6.07, 6.45) is 8.11. The lowest BCUT2D eigenvalue weighted by Crippen LogP contribution is -2.47. The number of nitrogens with two attached hydrogens (primary N) is 1. The Morgan fingerprint density at radius 1 is 1.23 bits per heavy atom. The van der Waals surface area contributed by atoms with Crippen molar-refractivity contribution in [2.24, 2.45) is 16.6 Å². The first-order chi connectivity index (χ1) is 12.6. The summed E-state index contributed by atoms with van der Waals surface area (Å²) in [5.74, 6) is 0.827. The SMILES string of the molecule is CCNC(=NCCCC(=O)OC1CCCC1)N1CCCC(CC(N)=O)C1. The molecule has 7 heteroatoms. The molecule has 2 rings (SSSR count). The molecule has 1 aliphatic heterocycles. The molecule has 0 aromatic rings. The zero-order chi connectivity index (χ0) is 18.8. The van der Waals surface area contributed by atoms with Gasteiger partial charge in [0, 0.05) is 39.0 Å². The van der Waals surface area contributed by atoms with Crippen molar-refractivity contribution in [1.29, 1.82) is 0 Å². The predicted molar refractivity (Wildman–Crippen MR) is 102 cm³/mol. The smallest absolute Gasteiger partial charge is 0.306 e. The van der Waals surface area contributed by atoms with E-state index < -0.39 is 0 Å². The van der Waals surface area contributed by atoms with Gasteiger partial charge in [-0.05, 0) is 57.8 Å². The molecular formula is C19H34N4O3. The first-order valence-corrected chi connectivity index (χ1v) is 10.1. The molecule has 26 heavy (non-hydrogen) atoms. The molecule has 0 spiro atoms. The summed E-state index contributed by atoms with van der Waals surface area (Å²) in [4.78, 5) is 29.9. The number of carbonyl (C=O) groups is 2. The number of nitrogens with zero attached hydrogens (tertiary/aromatic N) is 2. The number of ether oxygens (including phenoxy) is 1. The van der Waals surface area contributed by atoms with Crippen LogP contribution >= 0.6 is 0 Å². The van der Waals surface area contributed by atoms with Crippen LogP contribution in [0.25, 0.3) is 0 Å². The molecule has 0 radical (unpaired) electrons. The zero-order valence-corrected chi connectivity index (χ0v) is 16.0. The number of hydrogen-bond donors (Lipinski definition) is 2. The summed E-state index contributed by atoms with van der Waals surface area (Å²) in [5, 5.41) is 3.32. The lowest BCUT2D eigenvalue weighted by atomic mass is 9.95. The Morgan fingerprint density at radius 2 is 2.00 bits per heavy atom. The molecule has 7 nitrogen and oxygen atoms in total. The summed E-state index contributed by atoms with van der Waals surface area (Å²) in [6.45, 7) is 5.17. The fourth-order valence-corrected chi connectivity index (χ4v) is 3.79. The number of rotatable bonds is 8. The highest BCUT2D eigenvalue weighted by Crippen LogP contribution is 2.21. The van der Waals surface area contributed by atoms with Crippen molar-refractivity contribution in [2.75, 3.05) is 26.2 Å². The maximum atomic E-state index is 11.9. The van der Waals surface area contributed by atoms with Crippen molar-refractivity contribution in [2.45, 2.75) is 70.8 Å². The summed E-state index contributed by atoms with van der Waals surface area (Å²) in [6, 6.07) is 0. The van der Waals surface area contributed by atoms with Gasteiger partial charge >= 0.3 is 5.97 Å². The molecule has 0 bridgehead atoms. The Morgan fingerprint density at radius 3 is 2.69 bits per heavy atom. The second-order valence-electron chi connectivity index (χ2n) is 7.36. The van der Waals surface area contributed by atoms with Gasteiger partial charge in [0.05, 0.1) is 0 Å². The average molecular weight is 367 g/mol. The van der Waals surface area contributed by atoms with Crippen LogP contribution < -0.4 is 11.1 Å². The summed E-state index contributed by atoms with van der Waals surface area (Å²) < 4.78 is 5.48. The number of primary amides is 1. The van der Waals surface area contributed by atoms with Gasteiger partial charge < -0.3 is 20.7 Å². The van der Waals surface area contributed by atoms with Crippen LogP contribution in [0.5, 0.6) is 0 Å².